The van der Waals surface area contributed by atoms with Crippen molar-refractivity contribution in [2.24, 2.45) is 5.92 Å². The lowest BCUT2D eigenvalue weighted by atomic mass is 9.80. The quantitative estimate of drug-likeness (QED) is 0.828. The van der Waals surface area contributed by atoms with Crippen molar-refractivity contribution in [1.29, 1.82) is 0 Å². The van der Waals surface area contributed by atoms with E-state index in [1.165, 1.54) is 19.3 Å². The van der Waals surface area contributed by atoms with Crippen molar-refractivity contribution in [3.8, 4) is 0 Å². The SMILES string of the molecule is CCCNc1ccnc(C(=O)NC(C)C2CCC2)c1. The van der Waals surface area contributed by atoms with Crippen molar-refractivity contribution < 1.29 is 4.79 Å². The van der Waals surface area contributed by atoms with Gasteiger partial charge < -0.3 is 10.6 Å². The molecule has 0 bridgehead atoms. The van der Waals surface area contributed by atoms with E-state index in [0.717, 1.165) is 18.7 Å². The summed E-state index contributed by atoms with van der Waals surface area (Å²) in [4.78, 5) is 16.3. The molecule has 1 heterocycles. The Labute approximate surface area is 115 Å². The van der Waals surface area contributed by atoms with Gasteiger partial charge in [0.05, 0.1) is 0 Å². The summed E-state index contributed by atoms with van der Waals surface area (Å²) in [5.41, 5.74) is 1.45. The topological polar surface area (TPSA) is 54.0 Å². The lowest BCUT2D eigenvalue weighted by molar-refractivity contribution is 0.0904. The second-order valence-electron chi connectivity index (χ2n) is 5.31. The second-order valence-corrected chi connectivity index (χ2v) is 5.31. The Morgan fingerprint density at radius 2 is 2.32 bits per heavy atom. The summed E-state index contributed by atoms with van der Waals surface area (Å²) in [6.07, 6.45) is 6.49. The van der Waals surface area contributed by atoms with Crippen LogP contribution in [0.1, 0.15) is 50.0 Å². The molecule has 2 N–H and O–H groups in total. The average molecular weight is 261 g/mol. The van der Waals surface area contributed by atoms with Crippen LogP contribution in [0.5, 0.6) is 0 Å². The summed E-state index contributed by atoms with van der Waals surface area (Å²) in [6, 6.07) is 3.95. The highest BCUT2D eigenvalue weighted by molar-refractivity contribution is 5.93. The maximum absolute atomic E-state index is 12.1. The third-order valence-corrected chi connectivity index (χ3v) is 3.79. The number of aromatic nitrogens is 1. The van der Waals surface area contributed by atoms with E-state index in [-0.39, 0.29) is 11.9 Å². The number of pyridine rings is 1. The van der Waals surface area contributed by atoms with Crippen LogP contribution < -0.4 is 10.6 Å². The minimum absolute atomic E-state index is 0.0699. The van der Waals surface area contributed by atoms with E-state index in [9.17, 15) is 4.79 Å². The molecule has 1 aliphatic carbocycles. The fourth-order valence-corrected chi connectivity index (χ4v) is 2.27. The van der Waals surface area contributed by atoms with Crippen molar-refractivity contribution in [3.05, 3.63) is 24.0 Å². The van der Waals surface area contributed by atoms with E-state index in [0.29, 0.717) is 11.6 Å². The third-order valence-electron chi connectivity index (χ3n) is 3.79. The van der Waals surface area contributed by atoms with Gasteiger partial charge in [-0.3, -0.25) is 9.78 Å². The molecule has 0 spiro atoms. The lowest BCUT2D eigenvalue weighted by Gasteiger charge is -2.31. The smallest absolute Gasteiger partial charge is 0.270 e. The normalized spacial score (nSPS) is 16.5. The molecule has 4 heteroatoms. The highest BCUT2D eigenvalue weighted by Gasteiger charge is 2.25. The molecular formula is C15H23N3O. The van der Waals surface area contributed by atoms with Crippen LogP contribution in [0.4, 0.5) is 5.69 Å². The molecule has 1 aromatic heterocycles. The number of rotatable bonds is 6. The second kappa shape index (κ2) is 6.55. The fraction of sp³-hybridized carbons (Fsp3) is 0.600. The summed E-state index contributed by atoms with van der Waals surface area (Å²) in [7, 11) is 0. The van der Waals surface area contributed by atoms with Crippen LogP contribution >= 0.6 is 0 Å². The van der Waals surface area contributed by atoms with Gasteiger partial charge in [0, 0.05) is 24.5 Å². The van der Waals surface area contributed by atoms with Gasteiger partial charge in [-0.1, -0.05) is 13.3 Å². The van der Waals surface area contributed by atoms with E-state index in [1.807, 2.05) is 12.1 Å². The zero-order chi connectivity index (χ0) is 13.7. The van der Waals surface area contributed by atoms with Crippen LogP contribution in [0, 0.1) is 5.92 Å². The molecule has 0 radical (unpaired) electrons. The van der Waals surface area contributed by atoms with Crippen molar-refractivity contribution >= 4 is 11.6 Å². The maximum atomic E-state index is 12.1. The van der Waals surface area contributed by atoms with Crippen molar-refractivity contribution in [3.63, 3.8) is 0 Å². The number of anilines is 1. The van der Waals surface area contributed by atoms with Crippen LogP contribution in [0.15, 0.2) is 18.3 Å². The highest BCUT2D eigenvalue weighted by atomic mass is 16.1. The Bertz CT molecular complexity index is 429. The Balaban J connectivity index is 1.93. The molecule has 4 nitrogen and oxygen atoms in total. The number of nitrogens with zero attached hydrogens (tertiary/aromatic N) is 1. The first-order valence-corrected chi connectivity index (χ1v) is 7.21. The molecule has 1 atom stereocenters. The van der Waals surface area contributed by atoms with Crippen molar-refractivity contribution in [2.75, 3.05) is 11.9 Å². The molecule has 1 aromatic rings. The molecule has 1 saturated carbocycles. The number of hydrogen-bond donors (Lipinski definition) is 2. The van der Waals surface area contributed by atoms with Crippen LogP contribution in [0.3, 0.4) is 0 Å². The van der Waals surface area contributed by atoms with Gasteiger partial charge >= 0.3 is 0 Å². The third kappa shape index (κ3) is 3.69. The van der Waals surface area contributed by atoms with Crippen molar-refractivity contribution in [2.45, 2.75) is 45.6 Å². The fourth-order valence-electron chi connectivity index (χ4n) is 2.27. The average Bonchev–Trinajstić information content (AvgIpc) is 2.34. The van der Waals surface area contributed by atoms with E-state index in [1.54, 1.807) is 6.20 Å². The van der Waals surface area contributed by atoms with Crippen LogP contribution in [0.25, 0.3) is 0 Å². The summed E-state index contributed by atoms with van der Waals surface area (Å²) in [5, 5.41) is 6.32. The van der Waals surface area contributed by atoms with E-state index in [2.05, 4.69) is 29.5 Å². The predicted octanol–water partition coefficient (Wildman–Crippen LogP) is 2.82. The number of carbonyl (C=O) groups is 1. The minimum atomic E-state index is -0.0699. The molecular weight excluding hydrogens is 238 g/mol. The maximum Gasteiger partial charge on any atom is 0.270 e. The molecule has 1 amide bonds. The first kappa shape index (κ1) is 13.8. The van der Waals surface area contributed by atoms with Crippen molar-refractivity contribution in [1.82, 2.24) is 10.3 Å². The zero-order valence-corrected chi connectivity index (χ0v) is 11.8. The summed E-state index contributed by atoms with van der Waals surface area (Å²) >= 11 is 0. The van der Waals surface area contributed by atoms with Gasteiger partial charge in [0.2, 0.25) is 0 Å². The molecule has 0 aromatic carbocycles. The van der Waals surface area contributed by atoms with Gasteiger partial charge in [-0.2, -0.15) is 0 Å². The standard InChI is InChI=1S/C15H23N3O/c1-3-8-16-13-7-9-17-14(10-13)15(19)18-11(2)12-5-4-6-12/h7,9-12H,3-6,8H2,1-2H3,(H,16,17)(H,18,19). The Morgan fingerprint density at radius 3 is 2.95 bits per heavy atom. The molecule has 104 valence electrons. The zero-order valence-electron chi connectivity index (χ0n) is 11.8. The number of hydrogen-bond acceptors (Lipinski definition) is 3. The number of nitrogens with one attached hydrogen (secondary N) is 2. The minimum Gasteiger partial charge on any atom is -0.385 e. The molecule has 0 aliphatic heterocycles. The van der Waals surface area contributed by atoms with E-state index >= 15 is 0 Å². The highest BCUT2D eigenvalue weighted by Crippen LogP contribution is 2.29. The van der Waals surface area contributed by atoms with Crippen LogP contribution in [0.2, 0.25) is 0 Å². The molecule has 1 unspecified atom stereocenters. The monoisotopic (exact) mass is 261 g/mol. The first-order chi connectivity index (χ1) is 9.20. The van der Waals surface area contributed by atoms with E-state index in [4.69, 9.17) is 0 Å². The summed E-state index contributed by atoms with van der Waals surface area (Å²) in [6.45, 7) is 5.10. The Morgan fingerprint density at radius 1 is 1.53 bits per heavy atom. The van der Waals surface area contributed by atoms with Gasteiger partial charge in [0.15, 0.2) is 0 Å². The predicted molar refractivity (Wildman–Crippen MR) is 77.3 cm³/mol. The van der Waals surface area contributed by atoms with Gasteiger partial charge in [0.1, 0.15) is 5.69 Å². The molecule has 1 fully saturated rings. The molecule has 1 aliphatic rings. The van der Waals surface area contributed by atoms with Gasteiger partial charge in [-0.15, -0.1) is 0 Å². The van der Waals surface area contributed by atoms with Gasteiger partial charge in [-0.05, 0) is 44.2 Å². The van der Waals surface area contributed by atoms with Gasteiger partial charge in [0.25, 0.3) is 5.91 Å². The first-order valence-electron chi connectivity index (χ1n) is 7.21. The number of amides is 1. The summed E-state index contributed by atoms with van der Waals surface area (Å²) < 4.78 is 0. The van der Waals surface area contributed by atoms with Crippen LogP contribution in [-0.4, -0.2) is 23.5 Å². The molecule has 0 saturated heterocycles. The van der Waals surface area contributed by atoms with Gasteiger partial charge in [-0.25, -0.2) is 0 Å². The lowest BCUT2D eigenvalue weighted by Crippen LogP contribution is -2.40. The Hall–Kier alpha value is -1.58. The molecule has 19 heavy (non-hydrogen) atoms. The number of carbonyl (C=O) groups excluding carboxylic acids is 1. The Kier molecular flexibility index (Phi) is 4.77. The van der Waals surface area contributed by atoms with Crippen LogP contribution in [-0.2, 0) is 0 Å². The largest absolute Gasteiger partial charge is 0.385 e. The molecule has 2 rings (SSSR count). The van der Waals surface area contributed by atoms with E-state index < -0.39 is 0 Å². The summed E-state index contributed by atoms with van der Waals surface area (Å²) in [5.74, 6) is 0.574.